The van der Waals surface area contributed by atoms with E-state index in [0.717, 1.165) is 35.1 Å². The van der Waals surface area contributed by atoms with E-state index in [0.29, 0.717) is 22.2 Å². The number of nitrogens with one attached hydrogen (secondary N) is 1. The molecule has 3 N–H and O–H groups in total. The molecule has 6 nitrogen and oxygen atoms in total. The van der Waals surface area contributed by atoms with Crippen molar-refractivity contribution < 1.29 is 4.74 Å². The van der Waals surface area contributed by atoms with Crippen LogP contribution in [0.2, 0.25) is 5.02 Å². The lowest BCUT2D eigenvalue weighted by Crippen LogP contribution is -2.53. The van der Waals surface area contributed by atoms with Crippen LogP contribution in [0.4, 0.5) is 11.4 Å². The summed E-state index contributed by atoms with van der Waals surface area (Å²) in [5, 5.41) is 18.4. The average molecular weight is 449 g/mol. The molecular weight excluding hydrogens is 424 g/mol. The average Bonchev–Trinajstić information content (AvgIpc) is 3.60. The number of nitrogens with two attached hydrogens (primary N) is 1. The molecule has 32 heavy (non-hydrogen) atoms. The van der Waals surface area contributed by atoms with Crippen molar-refractivity contribution in [1.82, 2.24) is 9.96 Å². The number of aliphatic imine (C=N–C) groups is 1. The number of allylic oxidation sites excluding steroid dienone is 3. The van der Waals surface area contributed by atoms with E-state index in [2.05, 4.69) is 16.4 Å². The molecular formula is C25H25ClN4O2. The molecule has 0 aromatic heterocycles. The lowest BCUT2D eigenvalue weighted by molar-refractivity contribution is 0.0499. The monoisotopic (exact) mass is 448 g/mol. The lowest BCUT2D eigenvalue weighted by Gasteiger charge is -2.47. The van der Waals surface area contributed by atoms with Crippen LogP contribution in [0.15, 0.2) is 77.1 Å². The van der Waals surface area contributed by atoms with Crippen LogP contribution in [-0.4, -0.2) is 32.1 Å². The standard InChI is InChI=1S/C25H25ClN4O2/c1-28-14-18-12-16(2-10-23(18)27)19-13-17-3-11-24(32-22-8-9-22)29-25(17)30(31,15-19)21-6-4-20(26)5-7-21/h2-7,10-14,22,24,29H,8-9,15,27H2,1H3. The highest BCUT2D eigenvalue weighted by Crippen LogP contribution is 2.39. The van der Waals surface area contributed by atoms with Crippen molar-refractivity contribution in [3.63, 3.8) is 0 Å². The second-order valence-corrected chi connectivity index (χ2v) is 8.77. The van der Waals surface area contributed by atoms with E-state index < -0.39 is 4.65 Å². The number of anilines is 1. The third-order valence-corrected chi connectivity index (χ3v) is 6.17. The molecule has 0 bridgehead atoms. The predicted molar refractivity (Wildman–Crippen MR) is 131 cm³/mol. The second-order valence-electron chi connectivity index (χ2n) is 8.34. The van der Waals surface area contributed by atoms with Gasteiger partial charge in [-0.25, -0.2) is 0 Å². The van der Waals surface area contributed by atoms with Gasteiger partial charge in [0.1, 0.15) is 12.2 Å². The summed E-state index contributed by atoms with van der Waals surface area (Å²) in [6.07, 6.45) is 9.84. The molecule has 0 amide bonds. The molecule has 2 heterocycles. The fraction of sp³-hybridized carbons (Fsp3) is 0.240. The SMILES string of the molecule is CN=Cc1cc(C2=CC3=C(NC(OC4CC4)C=C3)[N+]([O-])(c3ccc(Cl)cc3)C2)ccc1N. The summed E-state index contributed by atoms with van der Waals surface area (Å²) < 4.78 is 5.36. The van der Waals surface area contributed by atoms with Crippen LogP contribution in [0.1, 0.15) is 24.0 Å². The minimum atomic E-state index is -0.658. The Morgan fingerprint density at radius 2 is 2.00 bits per heavy atom. The molecule has 3 aliphatic rings. The Morgan fingerprint density at radius 3 is 2.72 bits per heavy atom. The molecule has 0 radical (unpaired) electrons. The molecule has 2 aromatic rings. The number of quaternary nitrogens is 1. The number of rotatable bonds is 5. The molecule has 0 spiro atoms. The maximum Gasteiger partial charge on any atom is 0.216 e. The molecule has 7 heteroatoms. The first-order chi connectivity index (χ1) is 15.5. The molecule has 2 atom stereocenters. The van der Waals surface area contributed by atoms with Gasteiger partial charge in [-0.2, -0.15) is 0 Å². The summed E-state index contributed by atoms with van der Waals surface area (Å²) in [7, 11) is 1.71. The molecule has 0 saturated heterocycles. The molecule has 2 aliphatic heterocycles. The van der Waals surface area contributed by atoms with Gasteiger partial charge in [0, 0.05) is 47.2 Å². The Morgan fingerprint density at radius 1 is 1.22 bits per heavy atom. The van der Waals surface area contributed by atoms with Gasteiger partial charge in [0.2, 0.25) is 5.82 Å². The number of hydroxylamine groups is 2. The Kier molecular flexibility index (Phi) is 5.39. The third kappa shape index (κ3) is 3.98. The minimum Gasteiger partial charge on any atom is -0.620 e. The summed E-state index contributed by atoms with van der Waals surface area (Å²) in [5.41, 5.74) is 10.9. The van der Waals surface area contributed by atoms with Gasteiger partial charge in [-0.1, -0.05) is 17.7 Å². The van der Waals surface area contributed by atoms with Crippen molar-refractivity contribution in [2.75, 3.05) is 19.3 Å². The van der Waals surface area contributed by atoms with Crippen LogP contribution in [0.25, 0.3) is 5.57 Å². The summed E-state index contributed by atoms with van der Waals surface area (Å²) in [6.45, 7) is 0.226. The number of benzene rings is 2. The summed E-state index contributed by atoms with van der Waals surface area (Å²) >= 11 is 6.10. The number of ether oxygens (including phenoxy) is 1. The maximum atomic E-state index is 14.5. The molecule has 2 unspecified atom stereocenters. The van der Waals surface area contributed by atoms with Crippen molar-refractivity contribution in [1.29, 1.82) is 0 Å². The normalized spacial score (nSPS) is 25.0. The van der Waals surface area contributed by atoms with Crippen LogP contribution in [-0.2, 0) is 4.74 Å². The number of nitrogen functional groups attached to an aromatic ring is 1. The van der Waals surface area contributed by atoms with E-state index in [-0.39, 0.29) is 18.9 Å². The number of halogens is 1. The number of nitrogens with zero attached hydrogens (tertiary/aromatic N) is 2. The van der Waals surface area contributed by atoms with Gasteiger partial charge >= 0.3 is 0 Å². The van der Waals surface area contributed by atoms with E-state index in [1.165, 1.54) is 0 Å². The molecule has 1 saturated carbocycles. The zero-order valence-corrected chi connectivity index (χ0v) is 18.5. The summed E-state index contributed by atoms with van der Waals surface area (Å²) in [6, 6.07) is 12.9. The predicted octanol–water partition coefficient (Wildman–Crippen LogP) is 4.75. The van der Waals surface area contributed by atoms with Crippen molar-refractivity contribution in [3.05, 3.63) is 93.4 Å². The van der Waals surface area contributed by atoms with Crippen LogP contribution in [0.3, 0.4) is 0 Å². The smallest absolute Gasteiger partial charge is 0.216 e. The van der Waals surface area contributed by atoms with Crippen LogP contribution >= 0.6 is 11.6 Å². The second kappa shape index (κ2) is 8.22. The molecule has 5 rings (SSSR count). The maximum absolute atomic E-state index is 14.5. The van der Waals surface area contributed by atoms with E-state index in [1.54, 1.807) is 37.5 Å². The molecule has 1 fully saturated rings. The topological polar surface area (TPSA) is 82.7 Å². The van der Waals surface area contributed by atoms with E-state index in [1.807, 2.05) is 30.4 Å². The Bertz CT molecular complexity index is 1160. The van der Waals surface area contributed by atoms with Crippen molar-refractivity contribution >= 4 is 34.8 Å². The van der Waals surface area contributed by atoms with Crippen molar-refractivity contribution in [2.45, 2.75) is 25.2 Å². The van der Waals surface area contributed by atoms with Crippen LogP contribution < -0.4 is 15.7 Å². The highest BCUT2D eigenvalue weighted by atomic mass is 35.5. The van der Waals surface area contributed by atoms with E-state index in [9.17, 15) is 5.21 Å². The van der Waals surface area contributed by atoms with Gasteiger partial charge in [0.05, 0.1) is 11.7 Å². The van der Waals surface area contributed by atoms with Crippen LogP contribution in [0, 0.1) is 5.21 Å². The zero-order valence-electron chi connectivity index (χ0n) is 17.8. The zero-order chi connectivity index (χ0) is 22.3. The Labute approximate surface area is 192 Å². The molecule has 164 valence electrons. The first kappa shape index (κ1) is 21.0. The fourth-order valence-corrected chi connectivity index (χ4v) is 4.24. The number of dihydropyridines is 1. The number of hydrogen-bond donors (Lipinski definition) is 2. The van der Waals surface area contributed by atoms with Crippen molar-refractivity contribution in [3.8, 4) is 0 Å². The van der Waals surface area contributed by atoms with E-state index >= 15 is 0 Å². The summed E-state index contributed by atoms with van der Waals surface area (Å²) in [5.74, 6) is 0.579. The largest absolute Gasteiger partial charge is 0.620 e. The first-order valence-electron chi connectivity index (χ1n) is 10.7. The van der Waals surface area contributed by atoms with Gasteiger partial charge in [0.15, 0.2) is 6.23 Å². The third-order valence-electron chi connectivity index (χ3n) is 5.92. The van der Waals surface area contributed by atoms with Crippen molar-refractivity contribution in [2.24, 2.45) is 4.99 Å². The molecule has 2 aromatic carbocycles. The Balaban J connectivity index is 1.58. The fourth-order valence-electron chi connectivity index (χ4n) is 4.11. The minimum absolute atomic E-state index is 0.226. The summed E-state index contributed by atoms with van der Waals surface area (Å²) in [4.78, 5) is 4.09. The lowest BCUT2D eigenvalue weighted by atomic mass is 9.95. The van der Waals surface area contributed by atoms with Gasteiger partial charge in [-0.15, -0.1) is 0 Å². The first-order valence-corrected chi connectivity index (χ1v) is 11.1. The highest BCUT2D eigenvalue weighted by Gasteiger charge is 2.38. The van der Waals surface area contributed by atoms with Gasteiger partial charge in [-0.3, -0.25) is 9.64 Å². The number of hydrogen-bond acceptors (Lipinski definition) is 5. The van der Waals surface area contributed by atoms with Gasteiger partial charge < -0.3 is 21.0 Å². The molecule has 1 aliphatic carbocycles. The van der Waals surface area contributed by atoms with Gasteiger partial charge in [0.25, 0.3) is 0 Å². The van der Waals surface area contributed by atoms with Crippen LogP contribution in [0.5, 0.6) is 0 Å². The van der Waals surface area contributed by atoms with Gasteiger partial charge in [-0.05, 0) is 60.9 Å². The Hall–Kier alpha value is -2.90. The van der Waals surface area contributed by atoms with E-state index in [4.69, 9.17) is 22.1 Å². The quantitative estimate of drug-likeness (QED) is 0.299. The highest BCUT2D eigenvalue weighted by molar-refractivity contribution is 6.30.